The summed E-state index contributed by atoms with van der Waals surface area (Å²) < 4.78 is 1.70. The average Bonchev–Trinajstić information content (AvgIpc) is 2.84. The fourth-order valence-corrected chi connectivity index (χ4v) is 3.91. The number of aromatic nitrogens is 2. The van der Waals surface area contributed by atoms with Crippen molar-refractivity contribution in [3.05, 3.63) is 18.0 Å². The van der Waals surface area contributed by atoms with E-state index in [1.807, 2.05) is 13.1 Å². The molecule has 2 saturated heterocycles. The fraction of sp³-hybridized carbons (Fsp3) is 0.778. The predicted octanol–water partition coefficient (Wildman–Crippen LogP) is 2.54. The van der Waals surface area contributed by atoms with Gasteiger partial charge in [-0.25, -0.2) is 0 Å². The number of amides is 1. The second-order valence-electron chi connectivity index (χ2n) is 7.32. The van der Waals surface area contributed by atoms with Gasteiger partial charge in [-0.1, -0.05) is 19.8 Å². The third kappa shape index (κ3) is 3.94. The molecule has 1 aromatic heterocycles. The Kier molecular flexibility index (Phi) is 5.36. The van der Waals surface area contributed by atoms with Crippen LogP contribution in [0.4, 0.5) is 0 Å². The molecule has 23 heavy (non-hydrogen) atoms. The van der Waals surface area contributed by atoms with Crippen LogP contribution in [0.25, 0.3) is 0 Å². The van der Waals surface area contributed by atoms with Crippen LogP contribution in [0.15, 0.2) is 12.3 Å². The minimum Gasteiger partial charge on any atom is -0.333 e. The third-order valence-electron chi connectivity index (χ3n) is 5.52. The highest BCUT2D eigenvalue weighted by Gasteiger charge is 2.30. The molecule has 128 valence electrons. The maximum atomic E-state index is 13.0. The van der Waals surface area contributed by atoms with Crippen LogP contribution in [-0.4, -0.2) is 57.7 Å². The van der Waals surface area contributed by atoms with Gasteiger partial charge in [0.15, 0.2) is 0 Å². The van der Waals surface area contributed by atoms with Crippen LogP contribution in [0.5, 0.6) is 0 Å². The molecule has 2 aliphatic heterocycles. The summed E-state index contributed by atoms with van der Waals surface area (Å²) in [4.78, 5) is 17.7. The molecule has 0 spiro atoms. The van der Waals surface area contributed by atoms with Crippen LogP contribution in [0, 0.1) is 5.92 Å². The van der Waals surface area contributed by atoms with E-state index in [2.05, 4.69) is 21.8 Å². The van der Waals surface area contributed by atoms with Gasteiger partial charge in [-0.15, -0.1) is 0 Å². The molecule has 3 rings (SSSR count). The average molecular weight is 318 g/mol. The van der Waals surface area contributed by atoms with Gasteiger partial charge in [-0.3, -0.25) is 9.48 Å². The summed E-state index contributed by atoms with van der Waals surface area (Å²) in [6.07, 6.45) is 9.04. The van der Waals surface area contributed by atoms with E-state index in [1.54, 1.807) is 10.9 Å². The molecule has 3 heterocycles. The number of hydrogen-bond donors (Lipinski definition) is 0. The van der Waals surface area contributed by atoms with Gasteiger partial charge in [-0.05, 0) is 50.8 Å². The monoisotopic (exact) mass is 318 g/mol. The zero-order valence-corrected chi connectivity index (χ0v) is 14.6. The highest BCUT2D eigenvalue weighted by atomic mass is 16.2. The molecule has 0 N–H and O–H groups in total. The highest BCUT2D eigenvalue weighted by Crippen LogP contribution is 2.23. The van der Waals surface area contributed by atoms with Crippen LogP contribution < -0.4 is 0 Å². The van der Waals surface area contributed by atoms with Gasteiger partial charge in [0.25, 0.3) is 5.91 Å². The second-order valence-corrected chi connectivity index (χ2v) is 7.32. The maximum absolute atomic E-state index is 13.0. The van der Waals surface area contributed by atoms with Crippen molar-refractivity contribution in [1.82, 2.24) is 19.6 Å². The van der Waals surface area contributed by atoms with Crippen LogP contribution in [-0.2, 0) is 7.05 Å². The van der Waals surface area contributed by atoms with E-state index in [9.17, 15) is 4.79 Å². The maximum Gasteiger partial charge on any atom is 0.272 e. The Balaban J connectivity index is 1.70. The molecule has 5 nitrogen and oxygen atoms in total. The van der Waals surface area contributed by atoms with Gasteiger partial charge >= 0.3 is 0 Å². The summed E-state index contributed by atoms with van der Waals surface area (Å²) in [5.41, 5.74) is 0.712. The number of piperidine rings is 1. The zero-order valence-electron chi connectivity index (χ0n) is 14.6. The number of hydrogen-bond acceptors (Lipinski definition) is 3. The SMILES string of the molecule is CC1CCN(CC2CCCCCN2C(=O)c2ccnn2C)CC1. The Labute approximate surface area is 139 Å². The van der Waals surface area contributed by atoms with Crippen molar-refractivity contribution in [3.63, 3.8) is 0 Å². The molecule has 1 aromatic rings. The molecule has 1 atom stereocenters. The molecular formula is C18H30N4O. The summed E-state index contributed by atoms with van der Waals surface area (Å²) in [5.74, 6) is 1.01. The van der Waals surface area contributed by atoms with Gasteiger partial charge in [0, 0.05) is 32.4 Å². The van der Waals surface area contributed by atoms with E-state index < -0.39 is 0 Å². The van der Waals surface area contributed by atoms with E-state index in [-0.39, 0.29) is 5.91 Å². The molecule has 0 aliphatic carbocycles. The first-order valence-corrected chi connectivity index (χ1v) is 9.16. The lowest BCUT2D eigenvalue weighted by atomic mass is 9.98. The van der Waals surface area contributed by atoms with Crippen molar-refractivity contribution < 1.29 is 4.79 Å². The van der Waals surface area contributed by atoms with Gasteiger partial charge < -0.3 is 9.80 Å². The summed E-state index contributed by atoms with van der Waals surface area (Å²) in [6, 6.07) is 2.20. The van der Waals surface area contributed by atoms with Gasteiger partial charge in [0.2, 0.25) is 0 Å². The Bertz CT molecular complexity index is 519. The van der Waals surface area contributed by atoms with E-state index >= 15 is 0 Å². The molecule has 5 heteroatoms. The highest BCUT2D eigenvalue weighted by molar-refractivity contribution is 5.92. The number of carbonyl (C=O) groups is 1. The zero-order chi connectivity index (χ0) is 16.2. The molecule has 1 unspecified atom stereocenters. The Morgan fingerprint density at radius 1 is 1.17 bits per heavy atom. The van der Waals surface area contributed by atoms with Crippen LogP contribution in [0.3, 0.4) is 0 Å². The molecule has 0 saturated carbocycles. The first-order chi connectivity index (χ1) is 11.1. The quantitative estimate of drug-likeness (QED) is 0.860. The van der Waals surface area contributed by atoms with Gasteiger partial charge in [0.05, 0.1) is 0 Å². The first kappa shape index (κ1) is 16.5. The molecule has 0 aromatic carbocycles. The number of aryl methyl sites for hydroxylation is 1. The molecule has 0 bridgehead atoms. The number of likely N-dealkylation sites (tertiary alicyclic amines) is 2. The molecule has 0 radical (unpaired) electrons. The number of nitrogens with zero attached hydrogens (tertiary/aromatic N) is 4. The summed E-state index contributed by atoms with van der Waals surface area (Å²) in [5, 5.41) is 4.16. The van der Waals surface area contributed by atoms with Crippen molar-refractivity contribution in [1.29, 1.82) is 0 Å². The van der Waals surface area contributed by atoms with E-state index in [4.69, 9.17) is 0 Å². The molecular weight excluding hydrogens is 288 g/mol. The fourth-order valence-electron chi connectivity index (χ4n) is 3.91. The topological polar surface area (TPSA) is 41.4 Å². The summed E-state index contributed by atoms with van der Waals surface area (Å²) in [7, 11) is 1.85. The van der Waals surface area contributed by atoms with Crippen LogP contribution in [0.1, 0.15) is 55.9 Å². The normalized spacial score (nSPS) is 24.6. The largest absolute Gasteiger partial charge is 0.333 e. The smallest absolute Gasteiger partial charge is 0.272 e. The van der Waals surface area contributed by atoms with Crippen molar-refractivity contribution in [2.75, 3.05) is 26.2 Å². The Hall–Kier alpha value is -1.36. The predicted molar refractivity (Wildman–Crippen MR) is 91.3 cm³/mol. The number of carbonyl (C=O) groups excluding carboxylic acids is 1. The molecule has 2 aliphatic rings. The van der Waals surface area contributed by atoms with Crippen LogP contribution in [0.2, 0.25) is 0 Å². The lowest BCUT2D eigenvalue weighted by Crippen LogP contribution is -2.48. The minimum atomic E-state index is 0.155. The van der Waals surface area contributed by atoms with Crippen molar-refractivity contribution in [2.45, 2.75) is 51.5 Å². The summed E-state index contributed by atoms with van der Waals surface area (Å²) in [6.45, 7) is 6.65. The second kappa shape index (κ2) is 7.47. The number of rotatable bonds is 3. The van der Waals surface area contributed by atoms with Crippen molar-refractivity contribution >= 4 is 5.91 Å². The lowest BCUT2D eigenvalue weighted by molar-refractivity contribution is 0.0595. The minimum absolute atomic E-state index is 0.155. The molecule has 2 fully saturated rings. The Morgan fingerprint density at radius 3 is 2.65 bits per heavy atom. The lowest BCUT2D eigenvalue weighted by Gasteiger charge is -2.37. The first-order valence-electron chi connectivity index (χ1n) is 9.16. The van der Waals surface area contributed by atoms with E-state index in [0.29, 0.717) is 11.7 Å². The van der Waals surface area contributed by atoms with Crippen LogP contribution >= 0.6 is 0 Å². The van der Waals surface area contributed by atoms with E-state index in [0.717, 1.165) is 31.8 Å². The van der Waals surface area contributed by atoms with Gasteiger partial charge in [0.1, 0.15) is 5.69 Å². The van der Waals surface area contributed by atoms with Crippen molar-refractivity contribution in [2.24, 2.45) is 13.0 Å². The third-order valence-corrected chi connectivity index (χ3v) is 5.52. The Morgan fingerprint density at radius 2 is 1.96 bits per heavy atom. The standard InChI is InChI=1S/C18H30N4O/c1-15-8-12-21(13-9-15)14-16-6-4-3-5-11-22(16)18(23)17-7-10-19-20(17)2/h7,10,15-16H,3-6,8-9,11-14H2,1-2H3. The van der Waals surface area contributed by atoms with E-state index in [1.165, 1.54) is 38.8 Å². The molecule has 1 amide bonds. The van der Waals surface area contributed by atoms with Gasteiger partial charge in [-0.2, -0.15) is 5.10 Å². The summed E-state index contributed by atoms with van der Waals surface area (Å²) >= 11 is 0. The van der Waals surface area contributed by atoms with Crippen molar-refractivity contribution in [3.8, 4) is 0 Å².